The minimum Gasteiger partial charge on any atom is -0.228 e. The van der Waals surface area contributed by atoms with Crippen molar-refractivity contribution in [2.45, 2.75) is 0 Å². The number of nitrogens with zero attached hydrogens (tertiary/aromatic N) is 2. The molecule has 88 valence electrons. The van der Waals surface area contributed by atoms with Crippen LogP contribution in [0.25, 0.3) is 22.3 Å². The van der Waals surface area contributed by atoms with Crippen molar-refractivity contribution < 1.29 is 4.39 Å². The van der Waals surface area contributed by atoms with Gasteiger partial charge in [-0.1, -0.05) is 35.9 Å². The predicted molar refractivity (Wildman–Crippen MR) is 69.9 cm³/mol. The van der Waals surface area contributed by atoms with Crippen molar-refractivity contribution in [3.05, 3.63) is 59.5 Å². The van der Waals surface area contributed by atoms with Crippen molar-refractivity contribution in [3.8, 4) is 11.4 Å². The molecular weight excluding hydrogens is 251 g/mol. The molecule has 0 saturated carbocycles. The van der Waals surface area contributed by atoms with Gasteiger partial charge in [-0.05, 0) is 24.3 Å². The summed E-state index contributed by atoms with van der Waals surface area (Å²) in [4.78, 5) is 8.48. The largest absolute Gasteiger partial charge is 0.228 e. The van der Waals surface area contributed by atoms with Crippen LogP contribution in [0.1, 0.15) is 0 Å². The first kappa shape index (κ1) is 11.1. The van der Waals surface area contributed by atoms with Crippen LogP contribution in [0.5, 0.6) is 0 Å². The smallest absolute Gasteiger partial charge is 0.164 e. The highest BCUT2D eigenvalue weighted by Gasteiger charge is 2.10. The van der Waals surface area contributed by atoms with Gasteiger partial charge >= 0.3 is 0 Å². The van der Waals surface area contributed by atoms with E-state index in [0.29, 0.717) is 22.1 Å². The lowest BCUT2D eigenvalue weighted by molar-refractivity contribution is 0.630. The number of halogens is 2. The zero-order valence-corrected chi connectivity index (χ0v) is 10.0. The Morgan fingerprint density at radius 3 is 2.44 bits per heavy atom. The van der Waals surface area contributed by atoms with Crippen molar-refractivity contribution >= 4 is 22.5 Å². The standard InChI is InChI=1S/C14H8ClFN2/c15-13-10-6-2-4-8-12(10)17-14(18-13)9-5-1-3-7-11(9)16/h1-8H. The van der Waals surface area contributed by atoms with Crippen LogP contribution < -0.4 is 0 Å². The van der Waals surface area contributed by atoms with Crippen LogP contribution in [0.4, 0.5) is 4.39 Å². The number of hydrogen-bond acceptors (Lipinski definition) is 2. The van der Waals surface area contributed by atoms with E-state index in [0.717, 1.165) is 5.39 Å². The molecular formula is C14H8ClFN2. The van der Waals surface area contributed by atoms with Gasteiger partial charge in [0, 0.05) is 5.39 Å². The quantitative estimate of drug-likeness (QED) is 0.615. The van der Waals surface area contributed by atoms with Gasteiger partial charge in [0.15, 0.2) is 5.82 Å². The van der Waals surface area contributed by atoms with E-state index in [-0.39, 0.29) is 5.82 Å². The summed E-state index contributed by atoms with van der Waals surface area (Å²) < 4.78 is 13.7. The van der Waals surface area contributed by atoms with E-state index in [9.17, 15) is 4.39 Å². The monoisotopic (exact) mass is 258 g/mol. The molecule has 0 aliphatic carbocycles. The van der Waals surface area contributed by atoms with Crippen LogP contribution in [0.15, 0.2) is 48.5 Å². The Kier molecular flexibility index (Phi) is 2.68. The van der Waals surface area contributed by atoms with Gasteiger partial charge in [0.2, 0.25) is 0 Å². The van der Waals surface area contributed by atoms with Crippen LogP contribution in [-0.4, -0.2) is 9.97 Å². The molecule has 0 saturated heterocycles. The fraction of sp³-hybridized carbons (Fsp3) is 0. The fourth-order valence-corrected chi connectivity index (χ4v) is 2.04. The van der Waals surface area contributed by atoms with Crippen LogP contribution in [0, 0.1) is 5.82 Å². The second-order valence-corrected chi connectivity index (χ2v) is 4.19. The van der Waals surface area contributed by atoms with Crippen molar-refractivity contribution in [2.24, 2.45) is 0 Å². The van der Waals surface area contributed by atoms with E-state index in [1.54, 1.807) is 18.2 Å². The fourth-order valence-electron chi connectivity index (χ4n) is 1.80. The summed E-state index contributed by atoms with van der Waals surface area (Å²) in [5.41, 5.74) is 1.06. The van der Waals surface area contributed by atoms with Crippen LogP contribution in [-0.2, 0) is 0 Å². The molecule has 0 aliphatic rings. The van der Waals surface area contributed by atoms with Crippen LogP contribution >= 0.6 is 11.6 Å². The summed E-state index contributed by atoms with van der Waals surface area (Å²) in [7, 11) is 0. The van der Waals surface area contributed by atoms with Crippen LogP contribution in [0.3, 0.4) is 0 Å². The van der Waals surface area contributed by atoms with Gasteiger partial charge in [-0.3, -0.25) is 0 Å². The van der Waals surface area contributed by atoms with E-state index >= 15 is 0 Å². The Morgan fingerprint density at radius 1 is 0.889 bits per heavy atom. The zero-order chi connectivity index (χ0) is 12.5. The first-order chi connectivity index (χ1) is 8.75. The van der Waals surface area contributed by atoms with E-state index in [4.69, 9.17) is 11.6 Å². The molecule has 0 fully saturated rings. The number of hydrogen-bond donors (Lipinski definition) is 0. The molecule has 1 aromatic heterocycles. The molecule has 0 aliphatic heterocycles. The Balaban J connectivity index is 2.28. The summed E-state index contributed by atoms with van der Waals surface area (Å²) in [5.74, 6) is -0.0550. The molecule has 2 aromatic carbocycles. The van der Waals surface area contributed by atoms with Gasteiger partial charge in [-0.2, -0.15) is 0 Å². The van der Waals surface area contributed by atoms with E-state index in [1.165, 1.54) is 6.07 Å². The number of benzene rings is 2. The minimum atomic E-state index is -0.358. The van der Waals surface area contributed by atoms with E-state index in [1.807, 2.05) is 24.3 Å². The molecule has 2 nitrogen and oxygen atoms in total. The second kappa shape index (κ2) is 4.35. The predicted octanol–water partition coefficient (Wildman–Crippen LogP) is 4.09. The topological polar surface area (TPSA) is 25.8 Å². The molecule has 1 heterocycles. The van der Waals surface area contributed by atoms with Gasteiger partial charge in [0.05, 0.1) is 11.1 Å². The number of fused-ring (bicyclic) bond motifs is 1. The lowest BCUT2D eigenvalue weighted by Gasteiger charge is -2.05. The highest BCUT2D eigenvalue weighted by atomic mass is 35.5. The maximum absolute atomic E-state index is 13.7. The molecule has 0 atom stereocenters. The molecule has 0 amide bonds. The Morgan fingerprint density at radius 2 is 1.61 bits per heavy atom. The third-order valence-corrected chi connectivity index (χ3v) is 2.96. The van der Waals surface area contributed by atoms with Gasteiger partial charge in [0.25, 0.3) is 0 Å². The highest BCUT2D eigenvalue weighted by molar-refractivity contribution is 6.34. The number of para-hydroxylation sites is 1. The van der Waals surface area contributed by atoms with Crippen molar-refractivity contribution in [3.63, 3.8) is 0 Å². The average Bonchev–Trinajstić information content (AvgIpc) is 2.39. The third kappa shape index (κ3) is 1.83. The van der Waals surface area contributed by atoms with Crippen LogP contribution in [0.2, 0.25) is 5.15 Å². The molecule has 0 radical (unpaired) electrons. The lowest BCUT2D eigenvalue weighted by atomic mass is 10.2. The highest BCUT2D eigenvalue weighted by Crippen LogP contribution is 2.25. The summed E-state index contributed by atoms with van der Waals surface area (Å²) in [6.07, 6.45) is 0. The minimum absolute atomic E-state index is 0.303. The van der Waals surface area contributed by atoms with Gasteiger partial charge in [-0.15, -0.1) is 0 Å². The summed E-state index contributed by atoms with van der Waals surface area (Å²) in [6, 6.07) is 13.8. The average molecular weight is 259 g/mol. The molecule has 0 N–H and O–H groups in total. The Hall–Kier alpha value is -2.00. The van der Waals surface area contributed by atoms with E-state index < -0.39 is 0 Å². The van der Waals surface area contributed by atoms with Gasteiger partial charge in [0.1, 0.15) is 11.0 Å². The molecule has 0 unspecified atom stereocenters. The molecule has 4 heteroatoms. The Bertz CT molecular complexity index is 728. The van der Waals surface area contributed by atoms with E-state index in [2.05, 4.69) is 9.97 Å². The summed E-state index contributed by atoms with van der Waals surface area (Å²) in [6.45, 7) is 0. The summed E-state index contributed by atoms with van der Waals surface area (Å²) >= 11 is 6.09. The SMILES string of the molecule is Fc1ccccc1-c1nc(Cl)c2ccccc2n1. The van der Waals surface area contributed by atoms with Crippen molar-refractivity contribution in [2.75, 3.05) is 0 Å². The molecule has 0 bridgehead atoms. The van der Waals surface area contributed by atoms with Gasteiger partial charge in [-0.25, -0.2) is 14.4 Å². The zero-order valence-electron chi connectivity index (χ0n) is 9.27. The molecule has 0 spiro atoms. The maximum Gasteiger partial charge on any atom is 0.164 e. The first-order valence-electron chi connectivity index (χ1n) is 5.43. The summed E-state index contributed by atoms with van der Waals surface area (Å²) in [5, 5.41) is 1.10. The second-order valence-electron chi connectivity index (χ2n) is 3.84. The maximum atomic E-state index is 13.7. The Labute approximate surface area is 108 Å². The number of aromatic nitrogens is 2. The third-order valence-electron chi connectivity index (χ3n) is 2.67. The number of rotatable bonds is 1. The normalized spacial score (nSPS) is 10.8. The van der Waals surface area contributed by atoms with Gasteiger partial charge < -0.3 is 0 Å². The first-order valence-corrected chi connectivity index (χ1v) is 5.81. The molecule has 3 aromatic rings. The lowest BCUT2D eigenvalue weighted by Crippen LogP contribution is -1.93. The van der Waals surface area contributed by atoms with Crippen molar-refractivity contribution in [1.82, 2.24) is 9.97 Å². The molecule has 3 rings (SSSR count). The van der Waals surface area contributed by atoms with Crippen molar-refractivity contribution in [1.29, 1.82) is 0 Å². The molecule has 18 heavy (non-hydrogen) atoms.